The van der Waals surface area contributed by atoms with Crippen molar-refractivity contribution in [3.05, 3.63) is 11.6 Å². The molecule has 0 saturated carbocycles. The highest BCUT2D eigenvalue weighted by Crippen LogP contribution is 2.18. The first-order chi connectivity index (χ1) is 5.70. The van der Waals surface area contributed by atoms with Gasteiger partial charge in [-0.2, -0.15) is 0 Å². The van der Waals surface area contributed by atoms with E-state index in [9.17, 15) is 4.79 Å². The molecule has 0 fully saturated rings. The number of carbonyl (C=O) groups excluding carboxylic acids is 1. The molecule has 0 aromatic rings. The lowest BCUT2D eigenvalue weighted by Crippen LogP contribution is -2.24. The summed E-state index contributed by atoms with van der Waals surface area (Å²) >= 11 is 0. The molecule has 0 bridgehead atoms. The molecule has 1 unspecified atom stereocenters. The fourth-order valence-electron chi connectivity index (χ4n) is 1.52. The van der Waals surface area contributed by atoms with E-state index in [0.717, 1.165) is 19.5 Å². The quantitative estimate of drug-likeness (QED) is 0.600. The van der Waals surface area contributed by atoms with Crippen LogP contribution in [-0.4, -0.2) is 19.0 Å². The molecule has 1 aliphatic heterocycles. The van der Waals surface area contributed by atoms with Crippen LogP contribution in [-0.2, 0) is 4.79 Å². The zero-order chi connectivity index (χ0) is 8.97. The molecular formula is C9H16N2O. The maximum absolute atomic E-state index is 10.6. The van der Waals surface area contributed by atoms with Crippen molar-refractivity contribution in [2.24, 2.45) is 11.7 Å². The molecule has 0 aromatic carbocycles. The Hall–Kier alpha value is -0.830. The molecule has 1 aliphatic rings. The smallest absolute Gasteiger partial charge is 0.218 e. The van der Waals surface area contributed by atoms with Crippen LogP contribution < -0.4 is 11.1 Å². The highest BCUT2D eigenvalue weighted by molar-refractivity contribution is 5.74. The van der Waals surface area contributed by atoms with Gasteiger partial charge in [-0.15, -0.1) is 0 Å². The second-order valence-corrected chi connectivity index (χ2v) is 3.30. The van der Waals surface area contributed by atoms with Crippen LogP contribution in [0.25, 0.3) is 0 Å². The second-order valence-electron chi connectivity index (χ2n) is 3.30. The average Bonchev–Trinajstić information content (AvgIpc) is 2.05. The first kappa shape index (κ1) is 9.26. The first-order valence-electron chi connectivity index (χ1n) is 4.38. The molecule has 1 rings (SSSR count). The molecule has 1 atom stereocenters. The number of rotatable bonds is 3. The van der Waals surface area contributed by atoms with Gasteiger partial charge >= 0.3 is 0 Å². The second kappa shape index (κ2) is 4.26. The molecule has 1 amide bonds. The number of hydrogen-bond donors (Lipinski definition) is 2. The largest absolute Gasteiger partial charge is 0.370 e. The molecular weight excluding hydrogens is 152 g/mol. The van der Waals surface area contributed by atoms with Crippen LogP contribution in [0.2, 0.25) is 0 Å². The lowest BCUT2D eigenvalue weighted by molar-refractivity contribution is -0.118. The van der Waals surface area contributed by atoms with Gasteiger partial charge in [-0.1, -0.05) is 18.6 Å². The summed E-state index contributed by atoms with van der Waals surface area (Å²) in [6.07, 6.45) is 3.69. The van der Waals surface area contributed by atoms with Crippen LogP contribution in [0.1, 0.15) is 19.8 Å². The van der Waals surface area contributed by atoms with Gasteiger partial charge in [0, 0.05) is 13.0 Å². The van der Waals surface area contributed by atoms with Crippen LogP contribution in [0.15, 0.2) is 11.6 Å². The number of nitrogens with one attached hydrogen (secondary N) is 1. The van der Waals surface area contributed by atoms with E-state index in [1.807, 2.05) is 0 Å². The number of nitrogens with two attached hydrogens (primary N) is 1. The van der Waals surface area contributed by atoms with Crippen molar-refractivity contribution in [1.82, 2.24) is 5.32 Å². The number of carbonyl (C=O) groups is 1. The van der Waals surface area contributed by atoms with Crippen LogP contribution in [0.5, 0.6) is 0 Å². The maximum Gasteiger partial charge on any atom is 0.218 e. The summed E-state index contributed by atoms with van der Waals surface area (Å²) in [6.45, 7) is 4.01. The van der Waals surface area contributed by atoms with E-state index in [1.54, 1.807) is 0 Å². The third kappa shape index (κ3) is 2.66. The summed E-state index contributed by atoms with van der Waals surface area (Å²) < 4.78 is 0. The van der Waals surface area contributed by atoms with Crippen molar-refractivity contribution in [2.75, 3.05) is 13.1 Å². The summed E-state index contributed by atoms with van der Waals surface area (Å²) in [5, 5.41) is 3.23. The molecule has 68 valence electrons. The molecule has 3 heteroatoms. The van der Waals surface area contributed by atoms with Crippen LogP contribution in [0, 0.1) is 5.92 Å². The van der Waals surface area contributed by atoms with Crippen LogP contribution in [0.4, 0.5) is 0 Å². The topological polar surface area (TPSA) is 55.1 Å². The highest BCUT2D eigenvalue weighted by atomic mass is 16.1. The van der Waals surface area contributed by atoms with Gasteiger partial charge in [-0.25, -0.2) is 0 Å². The van der Waals surface area contributed by atoms with E-state index >= 15 is 0 Å². The Morgan fingerprint density at radius 1 is 1.83 bits per heavy atom. The summed E-state index contributed by atoms with van der Waals surface area (Å²) in [6, 6.07) is 0. The van der Waals surface area contributed by atoms with Crippen molar-refractivity contribution in [3.63, 3.8) is 0 Å². The number of amides is 1. The van der Waals surface area contributed by atoms with Crippen molar-refractivity contribution in [3.8, 4) is 0 Å². The SMILES string of the molecule is CC(CC(N)=O)C1=CCNCC1. The van der Waals surface area contributed by atoms with E-state index in [2.05, 4.69) is 18.3 Å². The Bertz CT molecular complexity index is 199. The monoisotopic (exact) mass is 168 g/mol. The van der Waals surface area contributed by atoms with Gasteiger partial charge in [-0.05, 0) is 18.9 Å². The molecule has 12 heavy (non-hydrogen) atoms. The number of primary amides is 1. The molecule has 1 heterocycles. The van der Waals surface area contributed by atoms with E-state index in [0.29, 0.717) is 12.3 Å². The maximum atomic E-state index is 10.6. The minimum atomic E-state index is -0.207. The summed E-state index contributed by atoms with van der Waals surface area (Å²) in [5.74, 6) is 0.117. The average molecular weight is 168 g/mol. The lowest BCUT2D eigenvalue weighted by Gasteiger charge is -2.18. The van der Waals surface area contributed by atoms with Crippen molar-refractivity contribution in [2.45, 2.75) is 19.8 Å². The fourth-order valence-corrected chi connectivity index (χ4v) is 1.52. The van der Waals surface area contributed by atoms with Gasteiger partial charge in [0.05, 0.1) is 0 Å². The van der Waals surface area contributed by atoms with Crippen molar-refractivity contribution >= 4 is 5.91 Å². The minimum Gasteiger partial charge on any atom is -0.370 e. The Balaban J connectivity index is 2.44. The summed E-state index contributed by atoms with van der Waals surface area (Å²) in [4.78, 5) is 10.6. The molecule has 0 aliphatic carbocycles. The van der Waals surface area contributed by atoms with E-state index in [-0.39, 0.29) is 5.91 Å². The van der Waals surface area contributed by atoms with Gasteiger partial charge in [0.15, 0.2) is 0 Å². The molecule has 0 spiro atoms. The summed E-state index contributed by atoms with van der Waals surface area (Å²) in [5.41, 5.74) is 6.49. The zero-order valence-corrected chi connectivity index (χ0v) is 7.47. The van der Waals surface area contributed by atoms with E-state index in [1.165, 1.54) is 5.57 Å². The first-order valence-corrected chi connectivity index (χ1v) is 4.38. The van der Waals surface area contributed by atoms with Crippen molar-refractivity contribution < 1.29 is 4.79 Å². The van der Waals surface area contributed by atoms with Gasteiger partial charge in [0.2, 0.25) is 5.91 Å². The minimum absolute atomic E-state index is 0.207. The van der Waals surface area contributed by atoms with Crippen molar-refractivity contribution in [1.29, 1.82) is 0 Å². The molecule has 0 aromatic heterocycles. The molecule has 0 saturated heterocycles. The lowest BCUT2D eigenvalue weighted by atomic mass is 9.93. The van der Waals surface area contributed by atoms with Crippen LogP contribution in [0.3, 0.4) is 0 Å². The van der Waals surface area contributed by atoms with Gasteiger partial charge in [0.25, 0.3) is 0 Å². The predicted octanol–water partition coefficient (Wildman–Crippen LogP) is 0.418. The Kier molecular flexibility index (Phi) is 3.29. The van der Waals surface area contributed by atoms with E-state index in [4.69, 9.17) is 5.73 Å². The fraction of sp³-hybridized carbons (Fsp3) is 0.667. The standard InChI is InChI=1S/C9H16N2O/c1-7(6-9(10)12)8-2-4-11-5-3-8/h2,7,11H,3-6H2,1H3,(H2,10,12). The zero-order valence-electron chi connectivity index (χ0n) is 7.47. The Labute approximate surface area is 73.0 Å². The highest BCUT2D eigenvalue weighted by Gasteiger charge is 2.12. The van der Waals surface area contributed by atoms with E-state index < -0.39 is 0 Å². The van der Waals surface area contributed by atoms with Gasteiger partial charge in [0.1, 0.15) is 0 Å². The predicted molar refractivity (Wildman–Crippen MR) is 48.5 cm³/mol. The van der Waals surface area contributed by atoms with Crippen LogP contribution >= 0.6 is 0 Å². The summed E-state index contributed by atoms with van der Waals surface area (Å²) in [7, 11) is 0. The molecule has 0 radical (unpaired) electrons. The third-order valence-corrected chi connectivity index (χ3v) is 2.24. The Morgan fingerprint density at radius 2 is 2.58 bits per heavy atom. The third-order valence-electron chi connectivity index (χ3n) is 2.24. The number of hydrogen-bond acceptors (Lipinski definition) is 2. The molecule has 3 N–H and O–H groups in total. The normalized spacial score (nSPS) is 19.9. The molecule has 3 nitrogen and oxygen atoms in total. The Morgan fingerprint density at radius 3 is 3.08 bits per heavy atom. The van der Waals surface area contributed by atoms with Gasteiger partial charge < -0.3 is 11.1 Å². The van der Waals surface area contributed by atoms with Gasteiger partial charge in [-0.3, -0.25) is 4.79 Å².